The van der Waals surface area contributed by atoms with Crippen molar-refractivity contribution < 1.29 is 18.7 Å². The van der Waals surface area contributed by atoms with Crippen LogP contribution in [0.2, 0.25) is 0 Å². The predicted octanol–water partition coefficient (Wildman–Crippen LogP) is 1.42. The summed E-state index contributed by atoms with van der Waals surface area (Å²) in [6.45, 7) is 4.69. The zero-order chi connectivity index (χ0) is 22.1. The van der Waals surface area contributed by atoms with Gasteiger partial charge in [0.1, 0.15) is 6.10 Å². The zero-order valence-corrected chi connectivity index (χ0v) is 17.5. The van der Waals surface area contributed by atoms with Crippen LogP contribution >= 0.6 is 0 Å². The summed E-state index contributed by atoms with van der Waals surface area (Å²) < 4.78 is 19.0. The molecule has 166 valence electrons. The van der Waals surface area contributed by atoms with Gasteiger partial charge < -0.3 is 25.2 Å². The molecular weight excluding hydrogens is 403 g/mol. The number of para-hydroxylation sites is 1. The van der Waals surface area contributed by atoms with Gasteiger partial charge in [-0.05, 0) is 25.1 Å². The monoisotopic (exact) mass is 430 g/mol. The number of nitrogens with zero attached hydrogens (tertiary/aromatic N) is 4. The third-order valence-electron chi connectivity index (χ3n) is 4.81. The second-order valence-electron chi connectivity index (χ2n) is 7.16. The summed E-state index contributed by atoms with van der Waals surface area (Å²) in [6.07, 6.45) is 3.21. The lowest BCUT2D eigenvalue weighted by Gasteiger charge is -2.34. The number of nitrogens with one attached hydrogen (secondary N) is 2. The summed E-state index contributed by atoms with van der Waals surface area (Å²) >= 11 is 0. The number of rotatable bonds is 8. The lowest BCUT2D eigenvalue weighted by molar-refractivity contribution is -0.131. The van der Waals surface area contributed by atoms with Crippen molar-refractivity contribution >= 4 is 17.9 Å². The highest BCUT2D eigenvalue weighted by atomic mass is 19.1. The number of piperazine rings is 1. The van der Waals surface area contributed by atoms with Crippen molar-refractivity contribution in [2.75, 3.05) is 44.2 Å². The van der Waals surface area contributed by atoms with E-state index in [1.807, 2.05) is 4.90 Å². The average molecular weight is 430 g/mol. The van der Waals surface area contributed by atoms with Gasteiger partial charge in [0, 0.05) is 51.5 Å². The highest BCUT2D eigenvalue weighted by molar-refractivity contribution is 5.78. The van der Waals surface area contributed by atoms with E-state index in [9.17, 15) is 14.0 Å². The van der Waals surface area contributed by atoms with Crippen LogP contribution in [0.25, 0.3) is 0 Å². The molecule has 3 rings (SSSR count). The standard InChI is InChI=1S/C21H27FN6O3/c1-16(31-18-6-3-2-5-17(18)22)15-26-21(30)25-10-7-19(29)27-11-13-28(14-12-27)20-23-8-4-9-24-20/h2-6,8-9,16H,7,10-15H2,1H3,(H2,25,26,30). The normalized spacial score (nSPS) is 14.6. The summed E-state index contributed by atoms with van der Waals surface area (Å²) in [5, 5.41) is 5.32. The highest BCUT2D eigenvalue weighted by Crippen LogP contribution is 2.16. The summed E-state index contributed by atoms with van der Waals surface area (Å²) in [7, 11) is 0. The molecule has 1 aliphatic rings. The lowest BCUT2D eigenvalue weighted by atomic mass is 10.3. The van der Waals surface area contributed by atoms with Gasteiger partial charge in [0.2, 0.25) is 11.9 Å². The molecule has 0 spiro atoms. The quantitative estimate of drug-likeness (QED) is 0.657. The second-order valence-corrected chi connectivity index (χ2v) is 7.16. The van der Waals surface area contributed by atoms with Crippen LogP contribution in [0, 0.1) is 5.82 Å². The summed E-state index contributed by atoms with van der Waals surface area (Å²) in [4.78, 5) is 36.6. The van der Waals surface area contributed by atoms with Crippen molar-refractivity contribution in [1.82, 2.24) is 25.5 Å². The number of carbonyl (C=O) groups is 2. The Morgan fingerprint density at radius 2 is 1.81 bits per heavy atom. The number of hydrogen-bond donors (Lipinski definition) is 2. The molecule has 1 saturated heterocycles. The molecule has 0 bridgehead atoms. The van der Waals surface area contributed by atoms with Gasteiger partial charge >= 0.3 is 6.03 Å². The number of benzene rings is 1. The van der Waals surface area contributed by atoms with Gasteiger partial charge in [0.25, 0.3) is 0 Å². The molecule has 9 nitrogen and oxygen atoms in total. The van der Waals surface area contributed by atoms with Crippen LogP contribution in [0.3, 0.4) is 0 Å². The summed E-state index contributed by atoms with van der Waals surface area (Å²) in [6, 6.07) is 7.47. The predicted molar refractivity (Wildman–Crippen MR) is 113 cm³/mol. The van der Waals surface area contributed by atoms with Gasteiger partial charge in [-0.25, -0.2) is 19.2 Å². The smallest absolute Gasteiger partial charge is 0.314 e. The SMILES string of the molecule is CC(CNC(=O)NCCC(=O)N1CCN(c2ncccn2)CC1)Oc1ccccc1F. The number of amides is 3. The van der Waals surface area contributed by atoms with Crippen molar-refractivity contribution in [1.29, 1.82) is 0 Å². The molecule has 2 aromatic rings. The average Bonchev–Trinajstić information content (AvgIpc) is 2.80. The minimum atomic E-state index is -0.450. The Balaban J connectivity index is 1.29. The van der Waals surface area contributed by atoms with E-state index >= 15 is 0 Å². The molecular formula is C21H27FN6O3. The van der Waals surface area contributed by atoms with Gasteiger partial charge in [-0.3, -0.25) is 4.79 Å². The molecule has 1 aromatic carbocycles. The van der Waals surface area contributed by atoms with E-state index < -0.39 is 18.0 Å². The first-order chi connectivity index (χ1) is 15.0. The van der Waals surface area contributed by atoms with E-state index in [4.69, 9.17) is 4.74 Å². The van der Waals surface area contributed by atoms with Crippen LogP contribution in [0.1, 0.15) is 13.3 Å². The van der Waals surface area contributed by atoms with Crippen LogP contribution in [-0.4, -0.2) is 72.2 Å². The van der Waals surface area contributed by atoms with E-state index in [0.717, 1.165) is 0 Å². The molecule has 1 aliphatic heterocycles. The molecule has 1 atom stereocenters. The third-order valence-corrected chi connectivity index (χ3v) is 4.81. The van der Waals surface area contributed by atoms with E-state index in [2.05, 4.69) is 20.6 Å². The fraction of sp³-hybridized carbons (Fsp3) is 0.429. The van der Waals surface area contributed by atoms with E-state index in [1.165, 1.54) is 12.1 Å². The number of hydrogen-bond acceptors (Lipinski definition) is 6. The Morgan fingerprint density at radius 3 is 2.52 bits per heavy atom. The van der Waals surface area contributed by atoms with E-state index in [0.29, 0.717) is 32.1 Å². The molecule has 2 N–H and O–H groups in total. The van der Waals surface area contributed by atoms with Crippen molar-refractivity contribution in [2.24, 2.45) is 0 Å². The minimum Gasteiger partial charge on any atom is -0.486 e. The van der Waals surface area contributed by atoms with Crippen LogP contribution < -0.4 is 20.3 Å². The number of urea groups is 1. The molecule has 1 fully saturated rings. The molecule has 1 unspecified atom stereocenters. The maximum Gasteiger partial charge on any atom is 0.314 e. The Hall–Kier alpha value is -3.43. The Kier molecular flexibility index (Phi) is 7.97. The minimum absolute atomic E-state index is 0.00909. The fourth-order valence-electron chi connectivity index (χ4n) is 3.15. The largest absolute Gasteiger partial charge is 0.486 e. The van der Waals surface area contributed by atoms with E-state index in [1.54, 1.807) is 42.4 Å². The van der Waals surface area contributed by atoms with Gasteiger partial charge in [-0.2, -0.15) is 0 Å². The number of ether oxygens (including phenoxy) is 1. The van der Waals surface area contributed by atoms with Crippen LogP contribution in [-0.2, 0) is 4.79 Å². The van der Waals surface area contributed by atoms with Crippen molar-refractivity contribution in [3.8, 4) is 5.75 Å². The maximum atomic E-state index is 13.6. The fourth-order valence-corrected chi connectivity index (χ4v) is 3.15. The Bertz CT molecular complexity index is 861. The number of aromatic nitrogens is 2. The van der Waals surface area contributed by atoms with Crippen LogP contribution in [0.5, 0.6) is 5.75 Å². The molecule has 0 radical (unpaired) electrons. The maximum absolute atomic E-state index is 13.6. The Morgan fingerprint density at radius 1 is 1.10 bits per heavy atom. The molecule has 3 amide bonds. The van der Waals surface area contributed by atoms with Gasteiger partial charge in [0.05, 0.1) is 6.54 Å². The van der Waals surface area contributed by atoms with Gasteiger partial charge in [-0.1, -0.05) is 12.1 Å². The lowest BCUT2D eigenvalue weighted by Crippen LogP contribution is -2.50. The molecule has 0 saturated carbocycles. The number of anilines is 1. The van der Waals surface area contributed by atoms with Crippen molar-refractivity contribution in [3.05, 3.63) is 48.5 Å². The molecule has 1 aromatic heterocycles. The van der Waals surface area contributed by atoms with E-state index in [-0.39, 0.29) is 31.2 Å². The molecule has 31 heavy (non-hydrogen) atoms. The van der Waals surface area contributed by atoms with Crippen molar-refractivity contribution in [2.45, 2.75) is 19.4 Å². The zero-order valence-electron chi connectivity index (χ0n) is 17.5. The number of halogens is 1. The summed E-state index contributed by atoms with van der Waals surface area (Å²) in [5.74, 6) is 0.350. The Labute approximate surface area is 180 Å². The van der Waals surface area contributed by atoms with Gasteiger partial charge in [0.15, 0.2) is 11.6 Å². The van der Waals surface area contributed by atoms with Crippen LogP contribution in [0.15, 0.2) is 42.7 Å². The molecule has 10 heteroatoms. The van der Waals surface area contributed by atoms with Crippen molar-refractivity contribution in [3.63, 3.8) is 0 Å². The first kappa shape index (κ1) is 22.3. The highest BCUT2D eigenvalue weighted by Gasteiger charge is 2.22. The number of carbonyl (C=O) groups excluding carboxylic acids is 2. The molecule has 0 aliphatic carbocycles. The first-order valence-corrected chi connectivity index (χ1v) is 10.3. The van der Waals surface area contributed by atoms with Crippen LogP contribution in [0.4, 0.5) is 15.1 Å². The second kappa shape index (κ2) is 11.1. The summed E-state index contributed by atoms with van der Waals surface area (Å²) in [5.41, 5.74) is 0. The molecule has 2 heterocycles. The third kappa shape index (κ3) is 6.80. The topological polar surface area (TPSA) is 99.7 Å². The van der Waals surface area contributed by atoms with Gasteiger partial charge in [-0.15, -0.1) is 0 Å². The first-order valence-electron chi connectivity index (χ1n) is 10.3.